The lowest BCUT2D eigenvalue weighted by Gasteiger charge is -2.14. The molecule has 0 aromatic rings. The van der Waals surface area contributed by atoms with E-state index in [4.69, 9.17) is 14.6 Å². The van der Waals surface area contributed by atoms with Crippen molar-refractivity contribution in [2.24, 2.45) is 0 Å². The first-order chi connectivity index (χ1) is 6.93. The van der Waals surface area contributed by atoms with Crippen molar-refractivity contribution in [1.29, 1.82) is 0 Å². The molecule has 1 aliphatic rings. The fraction of sp³-hybridized carbons (Fsp3) is 1.00. The van der Waals surface area contributed by atoms with E-state index in [2.05, 4.69) is 4.90 Å². The molecular weight excluding hydrogens is 182 g/mol. The lowest BCUT2D eigenvalue weighted by atomic mass is 10.4. The molecule has 0 amide bonds. The predicted octanol–water partition coefficient (Wildman–Crippen LogP) is 0.108. The standard InChI is InChI=1S/C10H21NO3/c12-6-8-14-10-9-13-7-5-11-3-1-2-4-11/h12H,1-10H2. The van der Waals surface area contributed by atoms with Gasteiger partial charge >= 0.3 is 0 Å². The van der Waals surface area contributed by atoms with Gasteiger partial charge in [0.25, 0.3) is 0 Å². The summed E-state index contributed by atoms with van der Waals surface area (Å²) in [4.78, 5) is 2.43. The van der Waals surface area contributed by atoms with Crippen LogP contribution in [0.2, 0.25) is 0 Å². The first-order valence-electron chi connectivity index (χ1n) is 5.42. The number of likely N-dealkylation sites (tertiary alicyclic amines) is 1. The van der Waals surface area contributed by atoms with Crippen LogP contribution in [0.4, 0.5) is 0 Å². The Kier molecular flexibility index (Phi) is 6.95. The van der Waals surface area contributed by atoms with E-state index in [9.17, 15) is 0 Å². The molecule has 4 nitrogen and oxygen atoms in total. The molecule has 0 radical (unpaired) electrons. The van der Waals surface area contributed by atoms with Crippen LogP contribution >= 0.6 is 0 Å². The Labute approximate surface area is 85.8 Å². The third kappa shape index (κ3) is 5.54. The van der Waals surface area contributed by atoms with Crippen LogP contribution in [0.25, 0.3) is 0 Å². The quantitative estimate of drug-likeness (QED) is 0.568. The zero-order valence-electron chi connectivity index (χ0n) is 8.78. The van der Waals surface area contributed by atoms with Gasteiger partial charge in [0.15, 0.2) is 0 Å². The minimum atomic E-state index is 0.0910. The summed E-state index contributed by atoms with van der Waals surface area (Å²) in [7, 11) is 0. The highest BCUT2D eigenvalue weighted by Crippen LogP contribution is 2.05. The van der Waals surface area contributed by atoms with Crippen molar-refractivity contribution in [3.05, 3.63) is 0 Å². The lowest BCUT2D eigenvalue weighted by Crippen LogP contribution is -2.24. The molecule has 0 aromatic carbocycles. The van der Waals surface area contributed by atoms with Gasteiger partial charge in [0.1, 0.15) is 0 Å². The number of ether oxygens (including phenoxy) is 2. The van der Waals surface area contributed by atoms with E-state index in [1.807, 2.05) is 0 Å². The summed E-state index contributed by atoms with van der Waals surface area (Å²) in [5, 5.41) is 8.44. The highest BCUT2D eigenvalue weighted by Gasteiger charge is 2.09. The molecule has 84 valence electrons. The molecular formula is C10H21NO3. The van der Waals surface area contributed by atoms with Crippen molar-refractivity contribution >= 4 is 0 Å². The Hall–Kier alpha value is -0.160. The van der Waals surface area contributed by atoms with Crippen LogP contribution in [0, 0.1) is 0 Å². The molecule has 1 aliphatic heterocycles. The van der Waals surface area contributed by atoms with Gasteiger partial charge in [-0.1, -0.05) is 0 Å². The van der Waals surface area contributed by atoms with Crippen LogP contribution in [0.3, 0.4) is 0 Å². The molecule has 0 bridgehead atoms. The van der Waals surface area contributed by atoms with Gasteiger partial charge in [-0.2, -0.15) is 0 Å². The fourth-order valence-corrected chi connectivity index (χ4v) is 1.59. The van der Waals surface area contributed by atoms with Gasteiger partial charge in [-0.3, -0.25) is 0 Å². The molecule has 1 saturated heterocycles. The van der Waals surface area contributed by atoms with Crippen molar-refractivity contribution < 1.29 is 14.6 Å². The summed E-state index contributed by atoms with van der Waals surface area (Å²) >= 11 is 0. The van der Waals surface area contributed by atoms with Gasteiger partial charge in [0, 0.05) is 6.54 Å². The summed E-state index contributed by atoms with van der Waals surface area (Å²) in [5.74, 6) is 0. The monoisotopic (exact) mass is 203 g/mol. The zero-order valence-corrected chi connectivity index (χ0v) is 8.78. The largest absolute Gasteiger partial charge is 0.394 e. The molecule has 4 heteroatoms. The minimum Gasteiger partial charge on any atom is -0.394 e. The van der Waals surface area contributed by atoms with Crippen molar-refractivity contribution in [2.75, 3.05) is 52.7 Å². The van der Waals surface area contributed by atoms with Crippen LogP contribution in [-0.2, 0) is 9.47 Å². The maximum atomic E-state index is 8.44. The smallest absolute Gasteiger partial charge is 0.0701 e. The molecule has 0 atom stereocenters. The van der Waals surface area contributed by atoms with Crippen LogP contribution in [0.5, 0.6) is 0 Å². The number of hydrogen-bond donors (Lipinski definition) is 1. The van der Waals surface area contributed by atoms with Crippen LogP contribution in [-0.4, -0.2) is 62.7 Å². The second-order valence-electron chi connectivity index (χ2n) is 3.50. The van der Waals surface area contributed by atoms with Crippen LogP contribution in [0.15, 0.2) is 0 Å². The average Bonchev–Trinajstić information content (AvgIpc) is 2.69. The normalized spacial score (nSPS) is 17.8. The highest BCUT2D eigenvalue weighted by molar-refractivity contribution is 4.64. The Balaban J connectivity index is 1.75. The predicted molar refractivity (Wildman–Crippen MR) is 54.4 cm³/mol. The molecule has 0 unspecified atom stereocenters. The van der Waals surface area contributed by atoms with E-state index in [0.717, 1.165) is 13.2 Å². The summed E-state index contributed by atoms with van der Waals surface area (Å²) in [6.45, 7) is 6.01. The SMILES string of the molecule is OCCOCCOCCN1CCCC1. The number of nitrogens with zero attached hydrogens (tertiary/aromatic N) is 1. The first-order valence-corrected chi connectivity index (χ1v) is 5.42. The second kappa shape index (κ2) is 8.17. The van der Waals surface area contributed by atoms with E-state index in [-0.39, 0.29) is 6.61 Å². The Morgan fingerprint density at radius 2 is 1.57 bits per heavy atom. The van der Waals surface area contributed by atoms with Gasteiger partial charge in [-0.05, 0) is 25.9 Å². The third-order valence-electron chi connectivity index (χ3n) is 2.36. The number of aliphatic hydroxyl groups excluding tert-OH is 1. The topological polar surface area (TPSA) is 41.9 Å². The summed E-state index contributed by atoms with van der Waals surface area (Å²) in [6, 6.07) is 0. The van der Waals surface area contributed by atoms with E-state index < -0.39 is 0 Å². The third-order valence-corrected chi connectivity index (χ3v) is 2.36. The van der Waals surface area contributed by atoms with E-state index in [0.29, 0.717) is 19.8 Å². The van der Waals surface area contributed by atoms with Gasteiger partial charge < -0.3 is 19.5 Å². The second-order valence-corrected chi connectivity index (χ2v) is 3.50. The maximum Gasteiger partial charge on any atom is 0.0701 e. The number of rotatable bonds is 8. The van der Waals surface area contributed by atoms with Crippen LogP contribution in [0.1, 0.15) is 12.8 Å². The highest BCUT2D eigenvalue weighted by atomic mass is 16.5. The van der Waals surface area contributed by atoms with Gasteiger partial charge in [0.05, 0.1) is 33.0 Å². The molecule has 0 aromatic heterocycles. The maximum absolute atomic E-state index is 8.44. The fourth-order valence-electron chi connectivity index (χ4n) is 1.59. The average molecular weight is 203 g/mol. The van der Waals surface area contributed by atoms with Gasteiger partial charge in [-0.25, -0.2) is 0 Å². The molecule has 0 saturated carbocycles. The lowest BCUT2D eigenvalue weighted by molar-refractivity contribution is 0.0281. The Bertz CT molecular complexity index is 127. The van der Waals surface area contributed by atoms with Crippen molar-refractivity contribution in [2.45, 2.75) is 12.8 Å². The van der Waals surface area contributed by atoms with Gasteiger partial charge in [-0.15, -0.1) is 0 Å². The van der Waals surface area contributed by atoms with E-state index >= 15 is 0 Å². The van der Waals surface area contributed by atoms with Crippen molar-refractivity contribution in [1.82, 2.24) is 4.90 Å². The van der Waals surface area contributed by atoms with Crippen LogP contribution < -0.4 is 0 Å². The van der Waals surface area contributed by atoms with E-state index in [1.54, 1.807) is 0 Å². The summed E-state index contributed by atoms with van der Waals surface area (Å²) < 4.78 is 10.5. The zero-order chi connectivity index (χ0) is 10.1. The molecule has 14 heavy (non-hydrogen) atoms. The molecule has 1 fully saturated rings. The molecule has 0 aliphatic carbocycles. The Morgan fingerprint density at radius 3 is 2.21 bits per heavy atom. The van der Waals surface area contributed by atoms with E-state index in [1.165, 1.54) is 25.9 Å². The molecule has 1 rings (SSSR count). The summed E-state index contributed by atoms with van der Waals surface area (Å²) in [6.07, 6.45) is 2.67. The minimum absolute atomic E-state index is 0.0910. The van der Waals surface area contributed by atoms with Gasteiger partial charge in [0.2, 0.25) is 0 Å². The summed E-state index contributed by atoms with van der Waals surface area (Å²) in [5.41, 5.74) is 0. The molecule has 1 heterocycles. The molecule has 0 spiro atoms. The van der Waals surface area contributed by atoms with Crippen molar-refractivity contribution in [3.63, 3.8) is 0 Å². The molecule has 1 N–H and O–H groups in total. The number of aliphatic hydroxyl groups is 1. The first kappa shape index (κ1) is 11.9. The Morgan fingerprint density at radius 1 is 0.929 bits per heavy atom. The van der Waals surface area contributed by atoms with Crippen molar-refractivity contribution in [3.8, 4) is 0 Å². The number of hydrogen-bond acceptors (Lipinski definition) is 4.